The number of amides is 1. The lowest BCUT2D eigenvalue weighted by Gasteiger charge is -2.34. The molecule has 4 N–H and O–H groups in total. The zero-order chi connectivity index (χ0) is 33.7. The van der Waals surface area contributed by atoms with Crippen molar-refractivity contribution in [1.82, 2.24) is 5.32 Å². The molecule has 0 saturated carbocycles. The van der Waals surface area contributed by atoms with Crippen LogP contribution in [0.1, 0.15) is 37.7 Å². The van der Waals surface area contributed by atoms with Crippen LogP contribution in [0.4, 0.5) is 17.1 Å². The summed E-state index contributed by atoms with van der Waals surface area (Å²) in [5.74, 6) is -3.55. The number of fused-ring (bicyclic) bond motifs is 2. The molecule has 0 aromatic heterocycles. The third-order valence-electron chi connectivity index (χ3n) is 7.22. The van der Waals surface area contributed by atoms with Crippen LogP contribution in [0.3, 0.4) is 0 Å². The van der Waals surface area contributed by atoms with Crippen LogP contribution >= 0.6 is 0 Å². The fourth-order valence-corrected chi connectivity index (χ4v) is 4.92. The second-order valence-electron chi connectivity index (χ2n) is 11.3. The van der Waals surface area contributed by atoms with Gasteiger partial charge in [0.1, 0.15) is 5.54 Å². The summed E-state index contributed by atoms with van der Waals surface area (Å²) in [4.78, 5) is 50.6. The molecule has 13 heteroatoms. The largest absolute Gasteiger partial charge is 0.481 e. The minimum absolute atomic E-state index is 0.101. The van der Waals surface area contributed by atoms with E-state index in [-0.39, 0.29) is 71.2 Å². The molecule has 46 heavy (non-hydrogen) atoms. The molecule has 13 nitrogen and oxygen atoms in total. The fraction of sp³-hybridized carbons (Fsp3) is 0.455. The van der Waals surface area contributed by atoms with E-state index < -0.39 is 23.4 Å². The molecular weight excluding hydrogens is 598 g/mol. The molecule has 0 bridgehead atoms. The Kier molecular flexibility index (Phi) is 13.5. The number of carbonyl (C=O) groups is 4. The Bertz CT molecular complexity index is 1440. The summed E-state index contributed by atoms with van der Waals surface area (Å²) in [5, 5.41) is 31.8. The van der Waals surface area contributed by atoms with Gasteiger partial charge in [0.05, 0.1) is 64.6 Å². The average Bonchev–Trinajstić information content (AvgIpc) is 2.99. The Labute approximate surface area is 267 Å². The minimum atomic E-state index is -1.32. The molecule has 250 valence electrons. The maximum absolute atomic E-state index is 13.4. The van der Waals surface area contributed by atoms with Crippen LogP contribution in [0.2, 0.25) is 0 Å². The fourth-order valence-electron chi connectivity index (χ4n) is 4.92. The van der Waals surface area contributed by atoms with Gasteiger partial charge in [-0.15, -0.1) is 0 Å². The quantitative estimate of drug-likeness (QED) is 0.145. The van der Waals surface area contributed by atoms with Gasteiger partial charge in [-0.1, -0.05) is 24.8 Å². The van der Waals surface area contributed by atoms with Gasteiger partial charge in [0, 0.05) is 38.4 Å². The predicted octanol–water partition coefficient (Wildman–Crippen LogP) is 1.55. The molecule has 1 aliphatic heterocycles. The van der Waals surface area contributed by atoms with E-state index in [9.17, 15) is 19.2 Å². The summed E-state index contributed by atoms with van der Waals surface area (Å²) in [6.07, 6.45) is 1.86. The topological polar surface area (TPSA) is 175 Å². The summed E-state index contributed by atoms with van der Waals surface area (Å²) < 4.78 is 16.7. The molecule has 3 rings (SSSR count). The smallest absolute Gasteiger partial charge is 0.305 e. The van der Waals surface area contributed by atoms with Gasteiger partial charge < -0.3 is 44.6 Å². The van der Waals surface area contributed by atoms with E-state index in [1.165, 1.54) is 0 Å². The SMILES string of the molecule is C=c1ccc2c(c1)N(CCCC(=O)NC(COCCC(=O)O)(COCCC(=O)O)COCCC(=O)O)c1cc(N(C)C)ccc1C=2. The normalized spacial score (nSPS) is 12.1. The number of carbonyl (C=O) groups excluding carboxylic acids is 1. The van der Waals surface area contributed by atoms with Crippen molar-refractivity contribution >= 4 is 53.5 Å². The van der Waals surface area contributed by atoms with Crippen molar-refractivity contribution in [2.75, 3.05) is 70.1 Å². The lowest BCUT2D eigenvalue weighted by atomic mass is 10.0. The van der Waals surface area contributed by atoms with Crippen molar-refractivity contribution in [1.29, 1.82) is 0 Å². The number of carboxylic acid groups (broad SMARTS) is 3. The second-order valence-corrected chi connectivity index (χ2v) is 11.3. The van der Waals surface area contributed by atoms with E-state index in [0.29, 0.717) is 13.0 Å². The molecule has 0 radical (unpaired) electrons. The lowest BCUT2D eigenvalue weighted by Crippen LogP contribution is -2.58. The number of hydrogen-bond acceptors (Lipinski definition) is 9. The van der Waals surface area contributed by atoms with Crippen LogP contribution in [0.5, 0.6) is 0 Å². The summed E-state index contributed by atoms with van der Waals surface area (Å²) in [7, 11) is 3.94. The van der Waals surface area contributed by atoms with Crippen LogP contribution in [-0.2, 0) is 33.4 Å². The summed E-state index contributed by atoms with van der Waals surface area (Å²) in [6.45, 7) is 3.55. The first-order valence-corrected chi connectivity index (χ1v) is 15.0. The molecule has 0 unspecified atom stereocenters. The number of rotatable bonds is 21. The Morgan fingerprint density at radius 2 is 1.37 bits per heavy atom. The molecule has 0 spiro atoms. The highest BCUT2D eigenvalue weighted by molar-refractivity contribution is 5.83. The molecular formula is C33H43N3O10. The van der Waals surface area contributed by atoms with Gasteiger partial charge in [-0.25, -0.2) is 0 Å². The number of nitrogens with one attached hydrogen (secondary N) is 1. The van der Waals surface area contributed by atoms with Crippen LogP contribution in [-0.4, -0.2) is 105 Å². The van der Waals surface area contributed by atoms with Crippen LogP contribution < -0.4 is 25.6 Å². The molecule has 2 aromatic rings. The van der Waals surface area contributed by atoms with Gasteiger partial charge in [-0.05, 0) is 46.7 Å². The van der Waals surface area contributed by atoms with E-state index in [1.54, 1.807) is 0 Å². The standard InChI is InChI=1S/C33H43N3O10/c1-23-6-7-24-18-25-8-9-26(35(2)3)19-28(25)36(27(24)17-23)13-4-5-29(37)34-33(20-44-14-10-30(38)39,21-45-15-11-31(40)41)22-46-16-12-32(42)43/h6-9,17-19H,1,4-5,10-16,20-22H2,2-3H3,(H,34,37)(H,38,39)(H,40,41)(H,42,43). The van der Waals surface area contributed by atoms with Gasteiger partial charge >= 0.3 is 17.9 Å². The first-order chi connectivity index (χ1) is 21.9. The lowest BCUT2D eigenvalue weighted by molar-refractivity contribution is -0.140. The molecule has 0 aliphatic carbocycles. The zero-order valence-corrected chi connectivity index (χ0v) is 26.3. The average molecular weight is 642 g/mol. The third-order valence-corrected chi connectivity index (χ3v) is 7.22. The van der Waals surface area contributed by atoms with E-state index in [0.717, 1.165) is 33.1 Å². The highest BCUT2D eigenvalue weighted by atomic mass is 16.5. The molecule has 0 saturated heterocycles. The zero-order valence-electron chi connectivity index (χ0n) is 26.3. The van der Waals surface area contributed by atoms with Crippen molar-refractivity contribution in [3.05, 3.63) is 52.4 Å². The van der Waals surface area contributed by atoms with Crippen LogP contribution in [0, 0.1) is 0 Å². The number of anilines is 3. The monoisotopic (exact) mass is 641 g/mol. The number of carboxylic acids is 3. The summed E-state index contributed by atoms with van der Waals surface area (Å²) in [6, 6.07) is 12.2. The van der Waals surface area contributed by atoms with E-state index >= 15 is 0 Å². The predicted molar refractivity (Wildman–Crippen MR) is 172 cm³/mol. The maximum Gasteiger partial charge on any atom is 0.305 e. The van der Waals surface area contributed by atoms with E-state index in [1.807, 2.05) is 37.2 Å². The molecule has 0 fully saturated rings. The van der Waals surface area contributed by atoms with Gasteiger partial charge in [-0.2, -0.15) is 0 Å². The van der Waals surface area contributed by atoms with Gasteiger partial charge in [0.2, 0.25) is 5.91 Å². The minimum Gasteiger partial charge on any atom is -0.481 e. The molecule has 1 aliphatic rings. The molecule has 1 amide bonds. The second kappa shape index (κ2) is 17.3. The van der Waals surface area contributed by atoms with Crippen molar-refractivity contribution < 1.29 is 48.7 Å². The Morgan fingerprint density at radius 1 is 0.804 bits per heavy atom. The van der Waals surface area contributed by atoms with Gasteiger partial charge in [0.15, 0.2) is 0 Å². The van der Waals surface area contributed by atoms with Crippen LogP contribution in [0.15, 0.2) is 36.4 Å². The van der Waals surface area contributed by atoms with Gasteiger partial charge in [0.25, 0.3) is 0 Å². The van der Waals surface area contributed by atoms with Crippen molar-refractivity contribution in [2.24, 2.45) is 0 Å². The number of ether oxygens (including phenoxy) is 3. The summed E-state index contributed by atoms with van der Waals surface area (Å²) in [5.41, 5.74) is 2.74. The first-order valence-electron chi connectivity index (χ1n) is 15.0. The summed E-state index contributed by atoms with van der Waals surface area (Å²) >= 11 is 0. The third kappa shape index (κ3) is 11.2. The van der Waals surface area contributed by atoms with E-state index in [2.05, 4.69) is 41.1 Å². The number of benzene rings is 2. The highest BCUT2D eigenvalue weighted by Gasteiger charge is 2.34. The number of aliphatic carboxylic acids is 3. The highest BCUT2D eigenvalue weighted by Crippen LogP contribution is 2.33. The molecule has 2 aromatic carbocycles. The number of hydrogen-bond donors (Lipinski definition) is 4. The Hall–Kier alpha value is -4.46. The molecule has 0 atom stereocenters. The Morgan fingerprint density at radius 3 is 1.89 bits per heavy atom. The molecule has 1 heterocycles. The van der Waals surface area contributed by atoms with E-state index in [4.69, 9.17) is 29.5 Å². The van der Waals surface area contributed by atoms with Gasteiger partial charge in [-0.3, -0.25) is 19.2 Å². The van der Waals surface area contributed by atoms with Crippen molar-refractivity contribution in [3.8, 4) is 0 Å². The van der Waals surface area contributed by atoms with Crippen molar-refractivity contribution in [3.63, 3.8) is 0 Å². The van der Waals surface area contributed by atoms with Crippen LogP contribution in [0.25, 0.3) is 12.7 Å². The first kappa shape index (κ1) is 36.0. The Balaban J connectivity index is 1.77. The number of nitrogens with zero attached hydrogens (tertiary/aromatic N) is 2. The van der Waals surface area contributed by atoms with Crippen molar-refractivity contribution in [2.45, 2.75) is 37.6 Å². The maximum atomic E-state index is 13.4.